The largest absolute Gasteiger partial charge is 0.462 e. The van der Waals surface area contributed by atoms with Gasteiger partial charge in [0.05, 0.1) is 6.04 Å². The molecule has 0 rings (SSSR count). The fraction of sp³-hybridized carbons (Fsp3) is 0.727. The van der Waals surface area contributed by atoms with Crippen LogP contribution in [0.4, 0.5) is 0 Å². The lowest BCUT2D eigenvalue weighted by molar-refractivity contribution is -0.148. The number of amides is 2. The Morgan fingerprint density at radius 2 is 1.65 bits per heavy atom. The SMILES string of the molecule is CCC(NC(C)=O)C(=O)OCC(C)NC(C)=O. The minimum Gasteiger partial charge on any atom is -0.462 e. The standard InChI is InChI=1S/C11H20N2O4/c1-5-10(13-9(4)15)11(16)17-6-7(2)12-8(3)14/h7,10H,5-6H2,1-4H3,(H,12,14)(H,13,15). The molecule has 0 bridgehead atoms. The molecular formula is C11H20N2O4. The predicted octanol–water partition coefficient (Wildman–Crippen LogP) is -0.0311. The van der Waals surface area contributed by atoms with E-state index in [1.165, 1.54) is 13.8 Å². The number of nitrogens with one attached hydrogen (secondary N) is 2. The van der Waals surface area contributed by atoms with Crippen LogP contribution in [0.5, 0.6) is 0 Å². The highest BCUT2D eigenvalue weighted by Gasteiger charge is 2.19. The lowest BCUT2D eigenvalue weighted by Crippen LogP contribution is -2.42. The van der Waals surface area contributed by atoms with Gasteiger partial charge in [0, 0.05) is 13.8 Å². The minimum atomic E-state index is -0.628. The third-order valence-electron chi connectivity index (χ3n) is 2.00. The molecule has 17 heavy (non-hydrogen) atoms. The molecule has 0 saturated carbocycles. The van der Waals surface area contributed by atoms with Crippen molar-refractivity contribution in [1.82, 2.24) is 10.6 Å². The zero-order chi connectivity index (χ0) is 13.4. The van der Waals surface area contributed by atoms with Gasteiger partial charge in [0.25, 0.3) is 0 Å². The van der Waals surface area contributed by atoms with Gasteiger partial charge in [-0.1, -0.05) is 6.92 Å². The van der Waals surface area contributed by atoms with E-state index in [9.17, 15) is 14.4 Å². The van der Waals surface area contributed by atoms with Crippen molar-refractivity contribution < 1.29 is 19.1 Å². The average Bonchev–Trinajstić information content (AvgIpc) is 2.21. The predicted molar refractivity (Wildman–Crippen MR) is 62.1 cm³/mol. The van der Waals surface area contributed by atoms with E-state index in [2.05, 4.69) is 10.6 Å². The zero-order valence-electron chi connectivity index (χ0n) is 10.7. The van der Waals surface area contributed by atoms with Gasteiger partial charge in [0.1, 0.15) is 12.6 Å². The second-order valence-electron chi connectivity index (χ2n) is 3.89. The maximum atomic E-state index is 11.6. The van der Waals surface area contributed by atoms with Crippen molar-refractivity contribution in [3.63, 3.8) is 0 Å². The van der Waals surface area contributed by atoms with Gasteiger partial charge in [-0.3, -0.25) is 9.59 Å². The Bertz CT molecular complexity index is 291. The zero-order valence-corrected chi connectivity index (χ0v) is 10.7. The molecule has 0 radical (unpaired) electrons. The van der Waals surface area contributed by atoms with Crippen LogP contribution in [0.1, 0.15) is 34.1 Å². The first-order valence-electron chi connectivity index (χ1n) is 5.57. The third-order valence-corrected chi connectivity index (χ3v) is 2.00. The van der Waals surface area contributed by atoms with Crippen LogP contribution in [0.3, 0.4) is 0 Å². The molecule has 0 aliphatic carbocycles. The van der Waals surface area contributed by atoms with Crippen LogP contribution in [0.2, 0.25) is 0 Å². The normalized spacial score (nSPS) is 13.4. The molecule has 0 spiro atoms. The van der Waals surface area contributed by atoms with Gasteiger partial charge >= 0.3 is 5.97 Å². The smallest absolute Gasteiger partial charge is 0.328 e. The number of hydrogen-bond donors (Lipinski definition) is 2. The second-order valence-corrected chi connectivity index (χ2v) is 3.89. The molecule has 98 valence electrons. The van der Waals surface area contributed by atoms with Crippen molar-refractivity contribution in [3.05, 3.63) is 0 Å². The van der Waals surface area contributed by atoms with E-state index in [0.29, 0.717) is 6.42 Å². The first-order chi connectivity index (χ1) is 7.86. The van der Waals surface area contributed by atoms with E-state index in [-0.39, 0.29) is 24.5 Å². The second kappa shape index (κ2) is 7.65. The van der Waals surface area contributed by atoms with Crippen LogP contribution >= 0.6 is 0 Å². The van der Waals surface area contributed by atoms with Crippen LogP contribution in [-0.4, -0.2) is 36.5 Å². The van der Waals surface area contributed by atoms with Gasteiger partial charge in [-0.2, -0.15) is 0 Å². The Balaban J connectivity index is 4.05. The highest BCUT2D eigenvalue weighted by atomic mass is 16.5. The molecule has 0 aromatic heterocycles. The topological polar surface area (TPSA) is 84.5 Å². The summed E-state index contributed by atoms with van der Waals surface area (Å²) >= 11 is 0. The van der Waals surface area contributed by atoms with E-state index in [4.69, 9.17) is 4.74 Å². The Kier molecular flexibility index (Phi) is 6.93. The molecule has 2 atom stereocenters. The number of rotatable bonds is 6. The summed E-state index contributed by atoms with van der Waals surface area (Å²) in [4.78, 5) is 33.1. The van der Waals surface area contributed by atoms with Crippen LogP contribution in [0, 0.1) is 0 Å². The molecule has 0 heterocycles. The summed E-state index contributed by atoms with van der Waals surface area (Å²) < 4.78 is 4.99. The lowest BCUT2D eigenvalue weighted by atomic mass is 10.2. The molecule has 6 nitrogen and oxygen atoms in total. The van der Waals surface area contributed by atoms with Crippen molar-refractivity contribution >= 4 is 17.8 Å². The summed E-state index contributed by atoms with van der Waals surface area (Å²) in [5.74, 6) is -0.939. The van der Waals surface area contributed by atoms with E-state index in [0.717, 1.165) is 0 Å². The Hall–Kier alpha value is -1.59. The molecule has 0 aromatic carbocycles. The maximum Gasteiger partial charge on any atom is 0.328 e. The summed E-state index contributed by atoms with van der Waals surface area (Å²) in [6.07, 6.45) is 0.465. The van der Waals surface area contributed by atoms with Crippen molar-refractivity contribution in [2.45, 2.75) is 46.2 Å². The molecule has 2 amide bonds. The maximum absolute atomic E-state index is 11.6. The van der Waals surface area contributed by atoms with Gasteiger partial charge in [-0.25, -0.2) is 4.79 Å². The van der Waals surface area contributed by atoms with Gasteiger partial charge in [0.2, 0.25) is 11.8 Å². The first kappa shape index (κ1) is 15.4. The number of carbonyl (C=O) groups excluding carboxylic acids is 3. The number of hydrogen-bond acceptors (Lipinski definition) is 4. The van der Waals surface area contributed by atoms with Gasteiger partial charge < -0.3 is 15.4 Å². The van der Waals surface area contributed by atoms with E-state index in [1.807, 2.05) is 0 Å². The summed E-state index contributed by atoms with van der Waals surface area (Å²) in [5, 5.41) is 5.09. The van der Waals surface area contributed by atoms with E-state index >= 15 is 0 Å². The third kappa shape index (κ3) is 7.32. The molecule has 6 heteroatoms. The van der Waals surface area contributed by atoms with Crippen molar-refractivity contribution in [2.75, 3.05) is 6.61 Å². The van der Waals surface area contributed by atoms with Crippen LogP contribution in [-0.2, 0) is 19.1 Å². The number of ether oxygens (including phenoxy) is 1. The molecule has 0 saturated heterocycles. The molecule has 0 aromatic rings. The van der Waals surface area contributed by atoms with E-state index < -0.39 is 12.0 Å². The molecule has 0 aliphatic heterocycles. The summed E-state index contributed by atoms with van der Waals surface area (Å²) in [5.41, 5.74) is 0. The first-order valence-corrected chi connectivity index (χ1v) is 5.57. The van der Waals surface area contributed by atoms with E-state index in [1.54, 1.807) is 13.8 Å². The quantitative estimate of drug-likeness (QED) is 0.642. The lowest BCUT2D eigenvalue weighted by Gasteiger charge is -2.17. The summed E-state index contributed by atoms with van der Waals surface area (Å²) in [6, 6.07) is -0.872. The van der Waals surface area contributed by atoms with Crippen molar-refractivity contribution in [2.24, 2.45) is 0 Å². The highest BCUT2D eigenvalue weighted by molar-refractivity contribution is 5.83. The Morgan fingerprint density at radius 1 is 1.12 bits per heavy atom. The minimum absolute atomic E-state index is 0.0918. The van der Waals surface area contributed by atoms with Gasteiger partial charge in [-0.15, -0.1) is 0 Å². The molecule has 0 aliphatic rings. The molecular weight excluding hydrogens is 224 g/mol. The van der Waals surface area contributed by atoms with Crippen LogP contribution < -0.4 is 10.6 Å². The monoisotopic (exact) mass is 244 g/mol. The van der Waals surface area contributed by atoms with Gasteiger partial charge in [-0.05, 0) is 13.3 Å². The van der Waals surface area contributed by atoms with Crippen molar-refractivity contribution in [3.8, 4) is 0 Å². The van der Waals surface area contributed by atoms with Gasteiger partial charge in [0.15, 0.2) is 0 Å². The van der Waals surface area contributed by atoms with Crippen molar-refractivity contribution in [1.29, 1.82) is 0 Å². The Morgan fingerprint density at radius 3 is 2.06 bits per heavy atom. The fourth-order valence-corrected chi connectivity index (χ4v) is 1.27. The summed E-state index contributed by atoms with van der Waals surface area (Å²) in [6.45, 7) is 6.34. The molecule has 0 fully saturated rings. The number of esters is 1. The highest BCUT2D eigenvalue weighted by Crippen LogP contribution is 1.96. The summed E-state index contributed by atoms with van der Waals surface area (Å²) in [7, 11) is 0. The fourth-order valence-electron chi connectivity index (χ4n) is 1.27. The molecule has 2 unspecified atom stereocenters. The number of carbonyl (C=O) groups is 3. The molecule has 2 N–H and O–H groups in total. The van der Waals surface area contributed by atoms with Crippen LogP contribution in [0.15, 0.2) is 0 Å². The average molecular weight is 244 g/mol. The van der Waals surface area contributed by atoms with Crippen LogP contribution in [0.25, 0.3) is 0 Å². The Labute approximate surface area is 101 Å².